The normalized spacial score (nSPS) is 11.3. The molecule has 0 radical (unpaired) electrons. The highest BCUT2D eigenvalue weighted by molar-refractivity contribution is 5.92. The average Bonchev–Trinajstić information content (AvgIpc) is 3.23. The number of hydrogen-bond donors (Lipinski definition) is 2. The molecule has 0 saturated heterocycles. The molecule has 2 N–H and O–H groups in total. The summed E-state index contributed by atoms with van der Waals surface area (Å²) in [6, 6.07) is 6.02. The second-order valence-electron chi connectivity index (χ2n) is 15.2. The second-order valence-corrected chi connectivity index (χ2v) is 15.2. The number of nitrogens with zero attached hydrogens (tertiary/aromatic N) is 2. The van der Waals surface area contributed by atoms with Crippen LogP contribution in [-0.4, -0.2) is 161 Å². The van der Waals surface area contributed by atoms with Crippen LogP contribution >= 0.6 is 0 Å². The summed E-state index contributed by atoms with van der Waals surface area (Å²) in [5.41, 5.74) is -0.192. The first kappa shape index (κ1) is 57.5. The molecule has 2 rings (SSSR count). The molecule has 2 heterocycles. The maximum atomic E-state index is 12.0. The Morgan fingerprint density at radius 3 is 1.09 bits per heavy atom. The van der Waals surface area contributed by atoms with E-state index in [1.165, 1.54) is 12.1 Å². The lowest BCUT2D eigenvalue weighted by atomic mass is 10.2. The fraction of sp³-hybridized carbons (Fsp3) is 0.682. The fourth-order valence-electron chi connectivity index (χ4n) is 4.69. The van der Waals surface area contributed by atoms with Gasteiger partial charge in [0.05, 0.1) is 130 Å². The van der Waals surface area contributed by atoms with Crippen molar-refractivity contribution in [1.82, 2.24) is 9.97 Å². The van der Waals surface area contributed by atoms with Gasteiger partial charge in [0.15, 0.2) is 11.4 Å². The highest BCUT2D eigenvalue weighted by atomic mass is 16.6. The Morgan fingerprint density at radius 1 is 0.469 bits per heavy atom. The number of rotatable bonds is 32. The molecule has 0 fully saturated rings. The third kappa shape index (κ3) is 30.5. The minimum absolute atomic E-state index is 0.0463. The van der Waals surface area contributed by atoms with Gasteiger partial charge in [-0.1, -0.05) is 0 Å². The number of aliphatic hydroxyl groups excluding tert-OH is 2. The quantitative estimate of drug-likeness (QED) is 0.0602. The summed E-state index contributed by atoms with van der Waals surface area (Å²) in [6.45, 7) is 19.0. The topological polar surface area (TPSA) is 245 Å². The lowest BCUT2D eigenvalue weighted by Crippen LogP contribution is -2.24. The minimum atomic E-state index is -0.661. The predicted octanol–water partition coefficient (Wildman–Crippen LogP) is 3.82. The Kier molecular flexibility index (Phi) is 30.4. The van der Waals surface area contributed by atoms with Gasteiger partial charge in [-0.2, -0.15) is 0 Å². The summed E-state index contributed by atoms with van der Waals surface area (Å²) < 4.78 is 63.6. The van der Waals surface area contributed by atoms with Gasteiger partial charge in [-0.05, 0) is 55.4 Å². The van der Waals surface area contributed by atoms with Crippen molar-refractivity contribution in [2.45, 2.75) is 92.6 Å². The molecular formula is C44H70N2O18. The van der Waals surface area contributed by atoms with Crippen molar-refractivity contribution in [3.8, 4) is 11.5 Å². The molecule has 0 amide bonds. The SMILES string of the molecule is CC(C)(C)OC(=O)CCOCCOCCOCCOc1cc(CO)nc(CO)c1.CCOC(=O)c1cc(OCCOCCOCCOCCC(=O)OC(C)(C)C)cc(C(=O)OCC)n1. The van der Waals surface area contributed by atoms with Crippen molar-refractivity contribution < 1.29 is 86.2 Å². The third-order valence-electron chi connectivity index (χ3n) is 7.22. The van der Waals surface area contributed by atoms with Gasteiger partial charge in [0.1, 0.15) is 35.9 Å². The van der Waals surface area contributed by atoms with Gasteiger partial charge in [0.25, 0.3) is 0 Å². The van der Waals surface area contributed by atoms with Crippen molar-refractivity contribution in [3.63, 3.8) is 0 Å². The van der Waals surface area contributed by atoms with Crippen LogP contribution in [-0.2, 0) is 70.2 Å². The van der Waals surface area contributed by atoms with E-state index in [9.17, 15) is 19.2 Å². The molecule has 0 spiro atoms. The van der Waals surface area contributed by atoms with Crippen molar-refractivity contribution in [2.75, 3.05) is 106 Å². The van der Waals surface area contributed by atoms with Gasteiger partial charge in [-0.15, -0.1) is 0 Å². The molecule has 0 unspecified atom stereocenters. The zero-order valence-electron chi connectivity index (χ0n) is 38.8. The molecule has 0 aromatic carbocycles. The van der Waals surface area contributed by atoms with Crippen LogP contribution in [0.15, 0.2) is 24.3 Å². The van der Waals surface area contributed by atoms with E-state index < -0.39 is 23.1 Å². The average molecular weight is 915 g/mol. The largest absolute Gasteiger partial charge is 0.491 e. The highest BCUT2D eigenvalue weighted by Gasteiger charge is 2.19. The molecular weight excluding hydrogens is 844 g/mol. The van der Waals surface area contributed by atoms with Crippen molar-refractivity contribution in [2.24, 2.45) is 0 Å². The number of esters is 4. The highest BCUT2D eigenvalue weighted by Crippen LogP contribution is 2.17. The standard InChI is InChI=1S/C24H37NO10.C20H33NO8/c1-6-32-22(27)19-16-18(17-20(25-19)23(28)33-7-2)34-15-14-31-13-12-30-11-10-29-9-8-21(26)35-24(3,4)5;1-20(2,3)29-19(24)4-5-25-6-7-26-8-9-27-10-11-28-18-12-16(14-22)21-17(13-18)15-23/h16-17H,6-15H2,1-5H3;12-13,22-23H,4-11,14-15H2,1-3H3. The van der Waals surface area contributed by atoms with Crippen molar-refractivity contribution in [1.29, 1.82) is 0 Å². The van der Waals surface area contributed by atoms with E-state index in [4.69, 9.17) is 67.1 Å². The van der Waals surface area contributed by atoms with Gasteiger partial charge in [0, 0.05) is 24.3 Å². The molecule has 0 aliphatic heterocycles. The molecule has 0 aliphatic rings. The maximum absolute atomic E-state index is 12.0. The number of carbonyl (C=O) groups is 4. The first-order chi connectivity index (χ1) is 30.5. The summed E-state index contributed by atoms with van der Waals surface area (Å²) in [5, 5.41) is 18.3. The number of hydrogen-bond acceptors (Lipinski definition) is 20. The van der Waals surface area contributed by atoms with Crippen LogP contribution < -0.4 is 9.47 Å². The lowest BCUT2D eigenvalue weighted by Gasteiger charge is -2.19. The lowest BCUT2D eigenvalue weighted by molar-refractivity contribution is -0.157. The van der Waals surface area contributed by atoms with E-state index >= 15 is 0 Å². The van der Waals surface area contributed by atoms with Gasteiger partial charge in [0.2, 0.25) is 0 Å². The molecule has 20 nitrogen and oxygen atoms in total. The van der Waals surface area contributed by atoms with E-state index in [0.29, 0.717) is 89.8 Å². The predicted molar refractivity (Wildman–Crippen MR) is 229 cm³/mol. The van der Waals surface area contributed by atoms with Crippen molar-refractivity contribution in [3.05, 3.63) is 47.0 Å². The summed E-state index contributed by atoms with van der Waals surface area (Å²) in [7, 11) is 0. The minimum Gasteiger partial charge on any atom is -0.491 e. The van der Waals surface area contributed by atoms with Gasteiger partial charge in [-0.25, -0.2) is 14.6 Å². The van der Waals surface area contributed by atoms with Gasteiger partial charge >= 0.3 is 23.9 Å². The van der Waals surface area contributed by atoms with Crippen LogP contribution in [0, 0.1) is 0 Å². The number of aliphatic hydroxyl groups is 2. The summed E-state index contributed by atoms with van der Waals surface area (Å²) >= 11 is 0. The zero-order valence-corrected chi connectivity index (χ0v) is 38.8. The van der Waals surface area contributed by atoms with E-state index in [0.717, 1.165) is 0 Å². The molecule has 0 aliphatic carbocycles. The number of carbonyl (C=O) groups excluding carboxylic acids is 4. The molecule has 0 bridgehead atoms. The number of ether oxygens (including phenoxy) is 12. The Bertz CT molecular complexity index is 1550. The van der Waals surface area contributed by atoms with Crippen LogP contribution in [0.3, 0.4) is 0 Å². The fourth-order valence-corrected chi connectivity index (χ4v) is 4.69. The van der Waals surface area contributed by atoms with Crippen LogP contribution in [0.25, 0.3) is 0 Å². The van der Waals surface area contributed by atoms with Crippen LogP contribution in [0.5, 0.6) is 11.5 Å². The molecule has 364 valence electrons. The molecule has 0 atom stereocenters. The van der Waals surface area contributed by atoms with Gasteiger partial charge in [-0.3, -0.25) is 14.6 Å². The Hall–Kier alpha value is -4.54. The van der Waals surface area contributed by atoms with Crippen LogP contribution in [0.1, 0.15) is 101 Å². The summed E-state index contributed by atoms with van der Waals surface area (Å²) in [5.74, 6) is -1.10. The maximum Gasteiger partial charge on any atom is 0.357 e. The summed E-state index contributed by atoms with van der Waals surface area (Å²) in [4.78, 5) is 55.1. The van der Waals surface area contributed by atoms with Crippen LogP contribution in [0.2, 0.25) is 0 Å². The number of aromatic nitrogens is 2. The smallest absolute Gasteiger partial charge is 0.357 e. The van der Waals surface area contributed by atoms with Crippen LogP contribution in [0.4, 0.5) is 0 Å². The number of pyridine rings is 2. The molecule has 64 heavy (non-hydrogen) atoms. The Morgan fingerprint density at radius 2 is 0.781 bits per heavy atom. The molecule has 2 aromatic heterocycles. The van der Waals surface area contributed by atoms with E-state index in [2.05, 4.69) is 9.97 Å². The van der Waals surface area contributed by atoms with Gasteiger partial charge < -0.3 is 67.1 Å². The Balaban J connectivity index is 0.000000651. The molecule has 20 heteroatoms. The van der Waals surface area contributed by atoms with E-state index in [1.807, 2.05) is 41.5 Å². The van der Waals surface area contributed by atoms with E-state index in [-0.39, 0.29) is 88.2 Å². The monoisotopic (exact) mass is 914 g/mol. The molecule has 0 saturated carbocycles. The van der Waals surface area contributed by atoms with Crippen molar-refractivity contribution >= 4 is 23.9 Å². The zero-order chi connectivity index (χ0) is 47.6. The summed E-state index contributed by atoms with van der Waals surface area (Å²) in [6.07, 6.45) is 0.415. The first-order valence-corrected chi connectivity index (χ1v) is 21.2. The Labute approximate surface area is 376 Å². The molecule has 2 aromatic rings. The first-order valence-electron chi connectivity index (χ1n) is 21.2. The van der Waals surface area contributed by atoms with E-state index in [1.54, 1.807) is 26.0 Å². The third-order valence-corrected chi connectivity index (χ3v) is 7.22. The second kappa shape index (κ2) is 33.9.